The van der Waals surface area contributed by atoms with Crippen LogP contribution >= 0.6 is 22.9 Å². The fourth-order valence-electron chi connectivity index (χ4n) is 1.96. The number of rotatable bonds is 3. The van der Waals surface area contributed by atoms with Gasteiger partial charge < -0.3 is 14.7 Å². The van der Waals surface area contributed by atoms with Gasteiger partial charge in [-0.1, -0.05) is 11.6 Å². The number of hydrogen-bond donors (Lipinski definition) is 1. The van der Waals surface area contributed by atoms with Gasteiger partial charge in [0, 0.05) is 11.4 Å². The summed E-state index contributed by atoms with van der Waals surface area (Å²) in [6, 6.07) is 3.58. The molecule has 0 radical (unpaired) electrons. The van der Waals surface area contributed by atoms with E-state index in [2.05, 4.69) is 0 Å². The molecule has 2 heterocycles. The van der Waals surface area contributed by atoms with Gasteiger partial charge in [0.15, 0.2) is 6.10 Å². The quantitative estimate of drug-likeness (QED) is 0.925. The molecule has 7 heteroatoms. The monoisotopic (exact) mass is 303 g/mol. The highest BCUT2D eigenvalue weighted by atomic mass is 35.5. The van der Waals surface area contributed by atoms with Crippen molar-refractivity contribution in [3.63, 3.8) is 0 Å². The van der Waals surface area contributed by atoms with E-state index in [0.29, 0.717) is 10.9 Å². The number of thiophene rings is 1. The zero-order valence-electron chi connectivity index (χ0n) is 10.3. The van der Waals surface area contributed by atoms with Gasteiger partial charge in [-0.15, -0.1) is 11.3 Å². The Morgan fingerprint density at radius 1 is 1.58 bits per heavy atom. The van der Waals surface area contributed by atoms with E-state index in [0.717, 1.165) is 4.88 Å². The number of amides is 1. The molecule has 0 saturated carbocycles. The van der Waals surface area contributed by atoms with Gasteiger partial charge in [0.25, 0.3) is 0 Å². The number of morpholine rings is 1. The summed E-state index contributed by atoms with van der Waals surface area (Å²) in [5.74, 6) is -1.44. The van der Waals surface area contributed by atoms with Crippen LogP contribution in [-0.4, -0.2) is 47.7 Å². The molecule has 19 heavy (non-hydrogen) atoms. The highest BCUT2D eigenvalue weighted by molar-refractivity contribution is 7.16. The number of carboxylic acid groups (broad SMARTS) is 1. The largest absolute Gasteiger partial charge is 0.479 e. The zero-order valence-corrected chi connectivity index (χ0v) is 11.9. The highest BCUT2D eigenvalue weighted by Gasteiger charge is 2.31. The van der Waals surface area contributed by atoms with Crippen LogP contribution in [0.4, 0.5) is 0 Å². The van der Waals surface area contributed by atoms with Crippen molar-refractivity contribution in [2.45, 2.75) is 18.9 Å². The summed E-state index contributed by atoms with van der Waals surface area (Å²) in [5.41, 5.74) is 0. The molecular weight excluding hydrogens is 290 g/mol. The number of nitrogens with zero attached hydrogens (tertiary/aromatic N) is 1. The summed E-state index contributed by atoms with van der Waals surface area (Å²) in [7, 11) is 0. The van der Waals surface area contributed by atoms with Gasteiger partial charge >= 0.3 is 5.97 Å². The molecule has 1 saturated heterocycles. The van der Waals surface area contributed by atoms with Crippen molar-refractivity contribution >= 4 is 34.8 Å². The van der Waals surface area contributed by atoms with E-state index in [-0.39, 0.29) is 25.0 Å². The minimum absolute atomic E-state index is 0.0898. The second-order valence-electron chi connectivity index (χ2n) is 4.35. The van der Waals surface area contributed by atoms with Crippen molar-refractivity contribution in [3.8, 4) is 0 Å². The minimum Gasteiger partial charge on any atom is -0.479 e. The molecule has 0 unspecified atom stereocenters. The molecule has 5 nitrogen and oxygen atoms in total. The average molecular weight is 304 g/mol. The Kier molecular flexibility index (Phi) is 4.44. The summed E-state index contributed by atoms with van der Waals surface area (Å²) in [5, 5.41) is 8.92. The average Bonchev–Trinajstić information content (AvgIpc) is 2.84. The molecule has 0 aliphatic carbocycles. The molecule has 1 amide bonds. The summed E-state index contributed by atoms with van der Waals surface area (Å²) < 4.78 is 5.74. The van der Waals surface area contributed by atoms with Crippen LogP contribution in [-0.2, 0) is 14.3 Å². The lowest BCUT2D eigenvalue weighted by Gasteiger charge is -2.32. The Morgan fingerprint density at radius 3 is 2.89 bits per heavy atom. The topological polar surface area (TPSA) is 66.8 Å². The van der Waals surface area contributed by atoms with E-state index < -0.39 is 12.1 Å². The van der Waals surface area contributed by atoms with Gasteiger partial charge in [0.2, 0.25) is 5.91 Å². The van der Waals surface area contributed by atoms with Crippen LogP contribution in [0.5, 0.6) is 0 Å². The number of halogens is 1. The van der Waals surface area contributed by atoms with E-state index in [1.54, 1.807) is 17.9 Å². The summed E-state index contributed by atoms with van der Waals surface area (Å²) >= 11 is 7.22. The number of carbonyl (C=O) groups excluding carboxylic acids is 1. The van der Waals surface area contributed by atoms with E-state index in [1.165, 1.54) is 11.3 Å². The van der Waals surface area contributed by atoms with Crippen molar-refractivity contribution in [2.24, 2.45) is 0 Å². The van der Waals surface area contributed by atoms with Crippen LogP contribution in [0, 0.1) is 0 Å². The van der Waals surface area contributed by atoms with Crippen molar-refractivity contribution < 1.29 is 19.4 Å². The van der Waals surface area contributed by atoms with Crippen LogP contribution in [0.1, 0.15) is 17.7 Å². The van der Waals surface area contributed by atoms with Gasteiger partial charge in [-0.05, 0) is 19.1 Å². The molecule has 1 N–H and O–H groups in total. The van der Waals surface area contributed by atoms with E-state index >= 15 is 0 Å². The first-order valence-corrected chi connectivity index (χ1v) is 7.07. The second kappa shape index (κ2) is 5.90. The molecule has 2 rings (SSSR count). The number of hydrogen-bond acceptors (Lipinski definition) is 4. The standard InChI is InChI=1S/C12H14ClNO4S/c1-7(9-2-3-10(13)19-9)11(15)14-4-5-18-8(6-14)12(16)17/h2-3,7-8H,4-6H2,1H3,(H,16,17)/t7-,8+/m0/s1. The maximum Gasteiger partial charge on any atom is 0.334 e. The fraction of sp³-hybridized carbons (Fsp3) is 0.500. The number of carboxylic acids is 1. The van der Waals surface area contributed by atoms with Crippen LogP contribution in [0.3, 0.4) is 0 Å². The van der Waals surface area contributed by atoms with Gasteiger partial charge in [-0.3, -0.25) is 4.79 Å². The first kappa shape index (κ1) is 14.3. The normalized spacial score (nSPS) is 21.2. The SMILES string of the molecule is C[C@H](C(=O)N1CCO[C@@H](C(=O)O)C1)c1ccc(Cl)s1. The Balaban J connectivity index is 2.04. The molecule has 1 aromatic rings. The van der Waals surface area contributed by atoms with Crippen molar-refractivity contribution in [1.82, 2.24) is 4.90 Å². The maximum atomic E-state index is 12.3. The van der Waals surface area contributed by atoms with Gasteiger partial charge in [0.05, 0.1) is 23.4 Å². The molecule has 0 spiro atoms. The summed E-state index contributed by atoms with van der Waals surface area (Å²) in [4.78, 5) is 25.6. The third kappa shape index (κ3) is 3.26. The van der Waals surface area contributed by atoms with E-state index in [1.807, 2.05) is 6.07 Å². The third-order valence-corrected chi connectivity index (χ3v) is 4.46. The lowest BCUT2D eigenvalue weighted by Crippen LogP contribution is -2.49. The number of aliphatic carboxylic acids is 1. The van der Waals surface area contributed by atoms with Crippen LogP contribution in [0.15, 0.2) is 12.1 Å². The van der Waals surface area contributed by atoms with Crippen molar-refractivity contribution in [3.05, 3.63) is 21.3 Å². The Morgan fingerprint density at radius 2 is 2.32 bits per heavy atom. The predicted molar refractivity (Wildman–Crippen MR) is 71.7 cm³/mol. The van der Waals surface area contributed by atoms with Crippen LogP contribution in [0.25, 0.3) is 0 Å². The lowest BCUT2D eigenvalue weighted by molar-refractivity contribution is -0.159. The Bertz CT molecular complexity index is 490. The van der Waals surface area contributed by atoms with Crippen LogP contribution in [0.2, 0.25) is 4.34 Å². The first-order valence-electron chi connectivity index (χ1n) is 5.87. The molecule has 1 aliphatic heterocycles. The number of carbonyl (C=O) groups is 2. The molecular formula is C12H14ClNO4S. The van der Waals surface area contributed by atoms with E-state index in [4.69, 9.17) is 21.4 Å². The predicted octanol–water partition coefficient (Wildman–Crippen LogP) is 1.82. The van der Waals surface area contributed by atoms with Crippen molar-refractivity contribution in [2.75, 3.05) is 19.7 Å². The second-order valence-corrected chi connectivity index (χ2v) is 6.09. The number of ether oxygens (including phenoxy) is 1. The molecule has 104 valence electrons. The maximum absolute atomic E-state index is 12.3. The highest BCUT2D eigenvalue weighted by Crippen LogP contribution is 2.29. The van der Waals surface area contributed by atoms with Crippen molar-refractivity contribution in [1.29, 1.82) is 0 Å². The third-order valence-electron chi connectivity index (χ3n) is 3.04. The van der Waals surface area contributed by atoms with E-state index in [9.17, 15) is 9.59 Å². The van der Waals surface area contributed by atoms with Gasteiger partial charge in [-0.25, -0.2) is 4.79 Å². The molecule has 1 aliphatic rings. The smallest absolute Gasteiger partial charge is 0.334 e. The molecule has 0 bridgehead atoms. The fourth-order valence-corrected chi connectivity index (χ4v) is 3.06. The summed E-state index contributed by atoms with van der Waals surface area (Å²) in [6.07, 6.45) is -0.933. The first-order chi connectivity index (χ1) is 8.99. The van der Waals surface area contributed by atoms with Gasteiger partial charge in [-0.2, -0.15) is 0 Å². The molecule has 1 aromatic heterocycles. The van der Waals surface area contributed by atoms with Gasteiger partial charge in [0.1, 0.15) is 0 Å². The molecule has 2 atom stereocenters. The molecule has 1 fully saturated rings. The lowest BCUT2D eigenvalue weighted by atomic mass is 10.1. The summed E-state index contributed by atoms with van der Waals surface area (Å²) in [6.45, 7) is 2.57. The van der Waals surface area contributed by atoms with Crippen LogP contribution < -0.4 is 0 Å². The molecule has 0 aromatic carbocycles. The Labute approximate surface area is 119 Å². The minimum atomic E-state index is -1.04. The Hall–Kier alpha value is -1.11. The zero-order chi connectivity index (χ0) is 14.0.